The van der Waals surface area contributed by atoms with Gasteiger partial charge in [-0.1, -0.05) is 6.07 Å². The second-order valence-electron chi connectivity index (χ2n) is 5.87. The summed E-state index contributed by atoms with van der Waals surface area (Å²) in [4.78, 5) is 13.8. The summed E-state index contributed by atoms with van der Waals surface area (Å²) in [5.41, 5.74) is 1.44. The number of piperidine rings is 1. The van der Waals surface area contributed by atoms with Crippen LogP contribution in [0.15, 0.2) is 42.9 Å². The number of benzene rings is 1. The van der Waals surface area contributed by atoms with Crippen molar-refractivity contribution < 1.29 is 4.74 Å². The molecule has 1 aromatic carbocycles. The summed E-state index contributed by atoms with van der Waals surface area (Å²) in [6.07, 6.45) is 7.19. The zero-order chi connectivity index (χ0) is 16.4. The van der Waals surface area contributed by atoms with Crippen molar-refractivity contribution in [1.82, 2.24) is 15.0 Å². The van der Waals surface area contributed by atoms with Crippen molar-refractivity contribution in [2.24, 2.45) is 0 Å². The Bertz CT molecular complexity index is 872. The van der Waals surface area contributed by atoms with E-state index in [1.165, 1.54) is 6.20 Å². The first-order chi connectivity index (χ1) is 11.8. The van der Waals surface area contributed by atoms with Gasteiger partial charge in [0.2, 0.25) is 0 Å². The quantitative estimate of drug-likeness (QED) is 0.803. The third-order valence-corrected chi connectivity index (χ3v) is 4.37. The number of fused-ring (bicyclic) bond motifs is 1. The van der Waals surface area contributed by atoms with Gasteiger partial charge in [0.25, 0.3) is 0 Å². The summed E-state index contributed by atoms with van der Waals surface area (Å²) in [5, 5.41) is 9.91. The van der Waals surface area contributed by atoms with Gasteiger partial charge >= 0.3 is 0 Å². The fourth-order valence-corrected chi connectivity index (χ4v) is 3.08. The highest BCUT2D eigenvalue weighted by Crippen LogP contribution is 2.28. The van der Waals surface area contributed by atoms with Crippen LogP contribution in [0, 0.1) is 11.3 Å². The third kappa shape index (κ3) is 2.76. The second kappa shape index (κ2) is 6.20. The van der Waals surface area contributed by atoms with Crippen molar-refractivity contribution >= 4 is 16.7 Å². The Balaban J connectivity index is 1.41. The van der Waals surface area contributed by atoms with Gasteiger partial charge in [-0.05, 0) is 18.2 Å². The number of aromatic amines is 1. The molecule has 3 heterocycles. The van der Waals surface area contributed by atoms with E-state index >= 15 is 0 Å². The monoisotopic (exact) mass is 319 g/mol. The number of anilines is 1. The van der Waals surface area contributed by atoms with Crippen molar-refractivity contribution in [3.8, 4) is 11.8 Å². The first-order valence-electron chi connectivity index (χ1n) is 8.03. The number of ether oxygens (including phenoxy) is 1. The first kappa shape index (κ1) is 14.5. The van der Waals surface area contributed by atoms with Gasteiger partial charge in [0, 0.05) is 43.0 Å². The molecule has 6 nitrogen and oxygen atoms in total. The minimum atomic E-state index is 0.202. The number of aromatic nitrogens is 3. The lowest BCUT2D eigenvalue weighted by atomic mass is 10.1. The molecule has 1 saturated heterocycles. The predicted octanol–water partition coefficient (Wildman–Crippen LogP) is 2.88. The molecule has 0 aliphatic carbocycles. The highest BCUT2D eigenvalue weighted by Gasteiger charge is 2.22. The van der Waals surface area contributed by atoms with E-state index in [-0.39, 0.29) is 6.10 Å². The minimum Gasteiger partial charge on any atom is -0.490 e. The summed E-state index contributed by atoms with van der Waals surface area (Å²) in [5.74, 6) is 1.76. The van der Waals surface area contributed by atoms with E-state index in [1.807, 2.05) is 36.5 Å². The number of nitrogens with one attached hydrogen (secondary N) is 1. The standard InChI is InChI=1S/C18H17N5O/c19-10-13-11-22-18(12-21-13)23-8-5-14(6-9-23)24-17-3-1-2-16-15(17)4-7-20-16/h1-4,7,11-12,14,20H,5-6,8-9H2. The fraction of sp³-hybridized carbons (Fsp3) is 0.278. The normalized spacial score (nSPS) is 15.4. The second-order valence-corrected chi connectivity index (χ2v) is 5.87. The van der Waals surface area contributed by atoms with Crippen LogP contribution in [0.3, 0.4) is 0 Å². The molecule has 24 heavy (non-hydrogen) atoms. The van der Waals surface area contributed by atoms with Crippen LogP contribution < -0.4 is 9.64 Å². The van der Waals surface area contributed by atoms with Gasteiger partial charge in [-0.25, -0.2) is 9.97 Å². The Labute approximate surface area is 139 Å². The summed E-state index contributed by atoms with van der Waals surface area (Å²) >= 11 is 0. The van der Waals surface area contributed by atoms with E-state index in [0.717, 1.165) is 48.4 Å². The Morgan fingerprint density at radius 3 is 2.79 bits per heavy atom. The van der Waals surface area contributed by atoms with Gasteiger partial charge in [-0.15, -0.1) is 0 Å². The van der Waals surface area contributed by atoms with Gasteiger partial charge in [-0.2, -0.15) is 5.26 Å². The van der Waals surface area contributed by atoms with Crippen molar-refractivity contribution in [2.45, 2.75) is 18.9 Å². The zero-order valence-electron chi connectivity index (χ0n) is 13.1. The molecule has 0 radical (unpaired) electrons. The predicted molar refractivity (Wildman–Crippen MR) is 90.9 cm³/mol. The summed E-state index contributed by atoms with van der Waals surface area (Å²) in [6.45, 7) is 1.74. The molecule has 1 fully saturated rings. The molecule has 1 N–H and O–H groups in total. The molecule has 0 bridgehead atoms. The van der Waals surface area contributed by atoms with Crippen molar-refractivity contribution in [3.63, 3.8) is 0 Å². The number of hydrogen-bond donors (Lipinski definition) is 1. The summed E-state index contributed by atoms with van der Waals surface area (Å²) in [7, 11) is 0. The van der Waals surface area contributed by atoms with Crippen LogP contribution in [0.25, 0.3) is 10.9 Å². The van der Waals surface area contributed by atoms with E-state index in [2.05, 4.69) is 19.9 Å². The first-order valence-corrected chi connectivity index (χ1v) is 8.03. The van der Waals surface area contributed by atoms with Crippen LogP contribution in [-0.2, 0) is 0 Å². The number of nitrogens with zero attached hydrogens (tertiary/aromatic N) is 4. The molecule has 3 aromatic rings. The largest absolute Gasteiger partial charge is 0.490 e. The lowest BCUT2D eigenvalue weighted by molar-refractivity contribution is 0.173. The third-order valence-electron chi connectivity index (χ3n) is 4.37. The smallest absolute Gasteiger partial charge is 0.158 e. The van der Waals surface area contributed by atoms with Crippen LogP contribution >= 0.6 is 0 Å². The number of rotatable bonds is 3. The van der Waals surface area contributed by atoms with Crippen LogP contribution in [0.1, 0.15) is 18.5 Å². The van der Waals surface area contributed by atoms with Crippen molar-refractivity contribution in [3.05, 3.63) is 48.5 Å². The van der Waals surface area contributed by atoms with Crippen LogP contribution in [0.2, 0.25) is 0 Å². The SMILES string of the molecule is N#Cc1cnc(N2CCC(Oc3cccc4[nH]ccc34)CC2)cn1. The molecular weight excluding hydrogens is 302 g/mol. The zero-order valence-corrected chi connectivity index (χ0v) is 13.1. The lowest BCUT2D eigenvalue weighted by Gasteiger charge is -2.32. The average Bonchev–Trinajstić information content (AvgIpc) is 3.12. The molecule has 0 unspecified atom stereocenters. The highest BCUT2D eigenvalue weighted by molar-refractivity contribution is 5.85. The molecule has 0 atom stereocenters. The van der Waals surface area contributed by atoms with Gasteiger partial charge in [-0.3, -0.25) is 0 Å². The molecule has 120 valence electrons. The van der Waals surface area contributed by atoms with Crippen molar-refractivity contribution in [2.75, 3.05) is 18.0 Å². The van der Waals surface area contributed by atoms with Crippen molar-refractivity contribution in [1.29, 1.82) is 5.26 Å². The molecule has 0 spiro atoms. The fourth-order valence-electron chi connectivity index (χ4n) is 3.08. The Kier molecular flexibility index (Phi) is 3.75. The maximum Gasteiger partial charge on any atom is 0.158 e. The number of hydrogen-bond acceptors (Lipinski definition) is 5. The van der Waals surface area contributed by atoms with E-state index < -0.39 is 0 Å². The molecule has 4 rings (SSSR count). The van der Waals surface area contributed by atoms with Gasteiger partial charge in [0.15, 0.2) is 5.69 Å². The van der Waals surface area contributed by atoms with Crippen LogP contribution in [0.4, 0.5) is 5.82 Å². The molecule has 0 amide bonds. The van der Waals surface area contributed by atoms with Gasteiger partial charge in [0.1, 0.15) is 23.7 Å². The van der Waals surface area contributed by atoms with Gasteiger partial charge < -0.3 is 14.6 Å². The van der Waals surface area contributed by atoms with Gasteiger partial charge in [0.05, 0.1) is 12.4 Å². The van der Waals surface area contributed by atoms with E-state index in [4.69, 9.17) is 10.00 Å². The average molecular weight is 319 g/mol. The van der Waals surface area contributed by atoms with E-state index in [0.29, 0.717) is 5.69 Å². The number of nitriles is 1. The highest BCUT2D eigenvalue weighted by atomic mass is 16.5. The summed E-state index contributed by atoms with van der Waals surface area (Å²) < 4.78 is 6.22. The van der Waals surface area contributed by atoms with E-state index in [9.17, 15) is 0 Å². The maximum absolute atomic E-state index is 8.79. The molecule has 1 aliphatic heterocycles. The lowest BCUT2D eigenvalue weighted by Crippen LogP contribution is -2.38. The molecule has 6 heteroatoms. The maximum atomic E-state index is 8.79. The Morgan fingerprint density at radius 1 is 1.17 bits per heavy atom. The topological polar surface area (TPSA) is 77.8 Å². The summed E-state index contributed by atoms with van der Waals surface area (Å²) in [6, 6.07) is 10.1. The molecular formula is C18H17N5O. The Morgan fingerprint density at radius 2 is 2.04 bits per heavy atom. The molecule has 2 aromatic heterocycles. The molecule has 1 aliphatic rings. The van der Waals surface area contributed by atoms with Crippen LogP contribution in [-0.4, -0.2) is 34.1 Å². The minimum absolute atomic E-state index is 0.202. The Hall–Kier alpha value is -3.07. The number of H-pyrrole nitrogens is 1. The van der Waals surface area contributed by atoms with E-state index in [1.54, 1.807) is 6.20 Å². The molecule has 0 saturated carbocycles. The van der Waals surface area contributed by atoms with Crippen LogP contribution in [0.5, 0.6) is 5.75 Å².